The first-order valence-electron chi connectivity index (χ1n) is 7.87. The van der Waals surface area contributed by atoms with E-state index < -0.39 is 0 Å². The van der Waals surface area contributed by atoms with Crippen molar-refractivity contribution in [2.24, 2.45) is 16.6 Å². The lowest BCUT2D eigenvalue weighted by molar-refractivity contribution is 0.309. The zero-order chi connectivity index (χ0) is 12.8. The molecule has 0 heterocycles. The quantitative estimate of drug-likeness (QED) is 0.595. The number of nitrogens with one attached hydrogen (secondary N) is 1. The monoisotopic (exact) mass is 251 g/mol. The van der Waals surface area contributed by atoms with E-state index in [0.717, 1.165) is 5.92 Å². The van der Waals surface area contributed by atoms with Crippen LogP contribution in [0.1, 0.15) is 71.1 Å². The summed E-state index contributed by atoms with van der Waals surface area (Å²) in [7, 11) is 0. The van der Waals surface area contributed by atoms with E-state index in [-0.39, 0.29) is 0 Å². The summed E-state index contributed by atoms with van der Waals surface area (Å²) >= 11 is 0. The summed E-state index contributed by atoms with van der Waals surface area (Å²) in [6, 6.07) is 1.07. The van der Waals surface area contributed by atoms with Crippen molar-refractivity contribution in [1.82, 2.24) is 5.32 Å². The van der Waals surface area contributed by atoms with E-state index >= 15 is 0 Å². The molecule has 0 atom stereocenters. The molecule has 3 N–H and O–H groups in total. The number of nitrogens with two attached hydrogens (primary N) is 1. The van der Waals surface area contributed by atoms with Gasteiger partial charge in [-0.15, -0.1) is 0 Å². The molecular formula is C15H29N3. The van der Waals surface area contributed by atoms with Gasteiger partial charge in [-0.2, -0.15) is 0 Å². The standard InChI is InChI=1S/C15H29N3/c1-2-5-12-8-10-14(11-9-12)18-15(16)17-13-6-3-4-7-13/h12-14H,2-11H2,1H3,(H3,16,17,18). The first kappa shape index (κ1) is 13.7. The van der Waals surface area contributed by atoms with Gasteiger partial charge in [0.25, 0.3) is 0 Å². The molecule has 104 valence electrons. The molecule has 3 nitrogen and oxygen atoms in total. The average Bonchev–Trinajstić information content (AvgIpc) is 2.84. The van der Waals surface area contributed by atoms with Gasteiger partial charge in [0, 0.05) is 6.04 Å². The lowest BCUT2D eigenvalue weighted by Crippen LogP contribution is -2.39. The molecular weight excluding hydrogens is 222 g/mol. The molecule has 0 amide bonds. The molecule has 2 aliphatic rings. The zero-order valence-electron chi connectivity index (χ0n) is 11.8. The Morgan fingerprint density at radius 3 is 2.39 bits per heavy atom. The number of aliphatic imine (C=N–C) groups is 1. The van der Waals surface area contributed by atoms with Gasteiger partial charge in [-0.25, -0.2) is 0 Å². The fourth-order valence-electron chi connectivity index (χ4n) is 3.48. The average molecular weight is 251 g/mol. The number of nitrogens with zero attached hydrogens (tertiary/aromatic N) is 1. The Balaban J connectivity index is 1.71. The highest BCUT2D eigenvalue weighted by atomic mass is 15.1. The SMILES string of the molecule is CCCC1CCC(N=C(N)NC2CCCC2)CC1. The topological polar surface area (TPSA) is 50.4 Å². The molecule has 0 aliphatic heterocycles. The van der Waals surface area contributed by atoms with Crippen LogP contribution in [-0.4, -0.2) is 18.0 Å². The van der Waals surface area contributed by atoms with Crippen LogP contribution in [0.2, 0.25) is 0 Å². The van der Waals surface area contributed by atoms with Crippen LogP contribution < -0.4 is 11.1 Å². The second-order valence-electron chi connectivity index (χ2n) is 6.10. The summed E-state index contributed by atoms with van der Waals surface area (Å²) in [5.74, 6) is 1.64. The lowest BCUT2D eigenvalue weighted by Gasteiger charge is -2.26. The van der Waals surface area contributed by atoms with Crippen LogP contribution in [0.3, 0.4) is 0 Å². The lowest BCUT2D eigenvalue weighted by atomic mass is 9.84. The second-order valence-corrected chi connectivity index (χ2v) is 6.10. The van der Waals surface area contributed by atoms with Crippen molar-refractivity contribution in [3.8, 4) is 0 Å². The zero-order valence-corrected chi connectivity index (χ0v) is 11.8. The summed E-state index contributed by atoms with van der Waals surface area (Å²) < 4.78 is 0. The summed E-state index contributed by atoms with van der Waals surface area (Å²) in [6.45, 7) is 2.29. The van der Waals surface area contributed by atoms with Crippen molar-refractivity contribution < 1.29 is 0 Å². The fourth-order valence-corrected chi connectivity index (χ4v) is 3.48. The van der Waals surface area contributed by atoms with E-state index in [9.17, 15) is 0 Å². The molecule has 2 aliphatic carbocycles. The summed E-state index contributed by atoms with van der Waals surface area (Å²) in [6.07, 6.45) is 13.1. The Kier molecular flexibility index (Phi) is 5.33. The Morgan fingerprint density at radius 2 is 1.78 bits per heavy atom. The third-order valence-electron chi connectivity index (χ3n) is 4.54. The highest BCUT2D eigenvalue weighted by Crippen LogP contribution is 2.29. The molecule has 0 saturated heterocycles. The predicted molar refractivity (Wildman–Crippen MR) is 77.7 cm³/mol. The maximum atomic E-state index is 6.02. The van der Waals surface area contributed by atoms with Gasteiger partial charge in [0.15, 0.2) is 5.96 Å². The van der Waals surface area contributed by atoms with E-state index in [1.54, 1.807) is 0 Å². The summed E-state index contributed by atoms with van der Waals surface area (Å²) in [5.41, 5.74) is 6.02. The largest absolute Gasteiger partial charge is 0.370 e. The van der Waals surface area contributed by atoms with Gasteiger partial charge >= 0.3 is 0 Å². The highest BCUT2D eigenvalue weighted by Gasteiger charge is 2.21. The van der Waals surface area contributed by atoms with E-state index in [2.05, 4.69) is 17.2 Å². The van der Waals surface area contributed by atoms with Crippen molar-refractivity contribution in [2.75, 3.05) is 0 Å². The molecule has 0 unspecified atom stereocenters. The van der Waals surface area contributed by atoms with E-state index in [1.165, 1.54) is 64.2 Å². The van der Waals surface area contributed by atoms with Crippen molar-refractivity contribution in [3.63, 3.8) is 0 Å². The Labute approximate surface area is 112 Å². The molecule has 0 aromatic carbocycles. The fraction of sp³-hybridized carbons (Fsp3) is 0.933. The van der Waals surface area contributed by atoms with E-state index in [4.69, 9.17) is 5.73 Å². The molecule has 2 saturated carbocycles. The number of hydrogen-bond acceptors (Lipinski definition) is 1. The number of guanidine groups is 1. The minimum atomic E-state index is 0.479. The van der Waals surface area contributed by atoms with Crippen LogP contribution >= 0.6 is 0 Å². The number of rotatable bonds is 4. The number of hydrogen-bond donors (Lipinski definition) is 2. The third-order valence-corrected chi connectivity index (χ3v) is 4.54. The maximum absolute atomic E-state index is 6.02. The van der Waals surface area contributed by atoms with Crippen molar-refractivity contribution >= 4 is 5.96 Å². The minimum absolute atomic E-state index is 0.479. The van der Waals surface area contributed by atoms with E-state index in [0.29, 0.717) is 18.0 Å². The van der Waals surface area contributed by atoms with Crippen LogP contribution in [0.15, 0.2) is 4.99 Å². The highest BCUT2D eigenvalue weighted by molar-refractivity contribution is 5.78. The van der Waals surface area contributed by atoms with Crippen molar-refractivity contribution in [2.45, 2.75) is 83.2 Å². The van der Waals surface area contributed by atoms with E-state index in [1.807, 2.05) is 0 Å². The predicted octanol–water partition coefficient (Wildman–Crippen LogP) is 3.19. The van der Waals surface area contributed by atoms with Crippen LogP contribution in [0.5, 0.6) is 0 Å². The van der Waals surface area contributed by atoms with Gasteiger partial charge in [-0.1, -0.05) is 32.6 Å². The van der Waals surface area contributed by atoms with Crippen molar-refractivity contribution in [3.05, 3.63) is 0 Å². The molecule has 0 bridgehead atoms. The smallest absolute Gasteiger partial charge is 0.189 e. The molecule has 0 aromatic rings. The molecule has 2 fully saturated rings. The molecule has 18 heavy (non-hydrogen) atoms. The van der Waals surface area contributed by atoms with Crippen molar-refractivity contribution in [1.29, 1.82) is 0 Å². The van der Waals surface area contributed by atoms with Gasteiger partial charge in [0.2, 0.25) is 0 Å². The molecule has 2 rings (SSSR count). The minimum Gasteiger partial charge on any atom is -0.370 e. The van der Waals surface area contributed by atoms with Gasteiger partial charge in [-0.3, -0.25) is 4.99 Å². The van der Waals surface area contributed by atoms with Crippen LogP contribution in [0, 0.1) is 5.92 Å². The molecule has 0 aromatic heterocycles. The van der Waals surface area contributed by atoms with Crippen LogP contribution in [0.4, 0.5) is 0 Å². The van der Waals surface area contributed by atoms with Gasteiger partial charge < -0.3 is 11.1 Å². The summed E-state index contributed by atoms with van der Waals surface area (Å²) in [4.78, 5) is 4.68. The Hall–Kier alpha value is -0.730. The summed E-state index contributed by atoms with van der Waals surface area (Å²) in [5, 5.41) is 3.39. The third kappa shape index (κ3) is 4.18. The van der Waals surface area contributed by atoms with Gasteiger partial charge in [0.1, 0.15) is 0 Å². The first-order chi connectivity index (χ1) is 8.78. The Bertz CT molecular complexity index is 261. The molecule has 3 heteroatoms. The second kappa shape index (κ2) is 7.01. The van der Waals surface area contributed by atoms with Crippen LogP contribution in [0.25, 0.3) is 0 Å². The van der Waals surface area contributed by atoms with Crippen LogP contribution in [-0.2, 0) is 0 Å². The van der Waals surface area contributed by atoms with Gasteiger partial charge in [-0.05, 0) is 44.4 Å². The van der Waals surface area contributed by atoms with Gasteiger partial charge in [0.05, 0.1) is 6.04 Å². The first-order valence-corrected chi connectivity index (χ1v) is 7.87. The maximum Gasteiger partial charge on any atom is 0.189 e. The molecule has 0 radical (unpaired) electrons. The normalized spacial score (nSPS) is 30.6. The molecule has 0 spiro atoms. The Morgan fingerprint density at radius 1 is 1.11 bits per heavy atom.